The molecule has 0 unspecified atom stereocenters. The Hall–Kier alpha value is -4.18. The van der Waals surface area contributed by atoms with E-state index >= 15 is 0 Å². The van der Waals surface area contributed by atoms with Crippen LogP contribution in [-0.4, -0.2) is 27.1 Å². The molecule has 2 heterocycles. The van der Waals surface area contributed by atoms with E-state index in [9.17, 15) is 24.8 Å². The number of nitro benzene ring substituents is 1. The van der Waals surface area contributed by atoms with Crippen molar-refractivity contribution in [1.29, 1.82) is 0 Å². The molecule has 1 aromatic heterocycles. The number of thioether (sulfide) groups is 1. The van der Waals surface area contributed by atoms with Crippen LogP contribution in [0.4, 0.5) is 11.4 Å². The molecule has 3 aromatic rings. The van der Waals surface area contributed by atoms with Crippen molar-refractivity contribution in [2.45, 2.75) is 13.8 Å². The van der Waals surface area contributed by atoms with Gasteiger partial charge in [-0.15, -0.1) is 0 Å². The number of aryl methyl sites for hydroxylation is 2. The van der Waals surface area contributed by atoms with Crippen LogP contribution in [0.15, 0.2) is 62.8 Å². The maximum absolute atomic E-state index is 12.4. The molecule has 0 bridgehead atoms. The highest BCUT2D eigenvalue weighted by molar-refractivity contribution is 8.18. The van der Waals surface area contributed by atoms with Crippen molar-refractivity contribution in [2.75, 3.05) is 0 Å². The Labute approximate surface area is 192 Å². The van der Waals surface area contributed by atoms with Crippen molar-refractivity contribution in [1.82, 2.24) is 5.32 Å². The highest BCUT2D eigenvalue weighted by Gasteiger charge is 2.25. The van der Waals surface area contributed by atoms with Gasteiger partial charge in [-0.2, -0.15) is 0 Å². The number of carboxylic acid groups (broad SMARTS) is 1. The minimum absolute atomic E-state index is 0.0649. The summed E-state index contributed by atoms with van der Waals surface area (Å²) in [5.41, 5.74) is 2.33. The Balaban J connectivity index is 1.60. The number of carbonyl (C=O) groups is 2. The van der Waals surface area contributed by atoms with Gasteiger partial charge in [0.2, 0.25) is 0 Å². The van der Waals surface area contributed by atoms with E-state index in [-0.39, 0.29) is 17.2 Å². The highest BCUT2D eigenvalue weighted by atomic mass is 32.2. The van der Waals surface area contributed by atoms with Gasteiger partial charge >= 0.3 is 5.97 Å². The third-order valence-electron chi connectivity index (χ3n) is 4.84. The third kappa shape index (κ3) is 4.70. The molecule has 0 radical (unpaired) electrons. The van der Waals surface area contributed by atoms with Crippen molar-refractivity contribution in [3.05, 3.63) is 86.0 Å². The lowest BCUT2D eigenvalue weighted by Crippen LogP contribution is -2.19. The number of aliphatic imine (C=N–C) groups is 1. The highest BCUT2D eigenvalue weighted by Crippen LogP contribution is 2.34. The van der Waals surface area contributed by atoms with Crippen LogP contribution in [0.5, 0.6) is 0 Å². The number of rotatable bonds is 5. The predicted molar refractivity (Wildman–Crippen MR) is 124 cm³/mol. The molecule has 1 saturated heterocycles. The number of amidine groups is 1. The molecule has 33 heavy (non-hydrogen) atoms. The molecule has 1 aliphatic rings. The Morgan fingerprint density at radius 3 is 2.70 bits per heavy atom. The average molecular weight is 463 g/mol. The zero-order valence-electron chi connectivity index (χ0n) is 17.5. The number of aromatic carboxylic acids is 1. The first-order valence-electron chi connectivity index (χ1n) is 9.70. The SMILES string of the molecule is Cc1ccc(-c2ccc(C=C3SC(=Nc4cc(C(=O)O)ccc4C)NC3=O)o2)c([N+](=O)[O-])c1. The molecule has 1 amide bonds. The van der Waals surface area contributed by atoms with Crippen LogP contribution in [0, 0.1) is 24.0 Å². The standard InChI is InChI=1S/C23H17N3O6S/c1-12-3-7-16(18(9-12)26(30)31)19-8-6-15(32-19)11-20-21(27)25-23(33-20)24-17-10-14(22(28)29)5-4-13(17)2/h3-11H,1-2H3,(H,28,29)(H,24,25,27). The van der Waals surface area contributed by atoms with Crippen LogP contribution in [0.2, 0.25) is 0 Å². The second kappa shape index (κ2) is 8.75. The zero-order valence-corrected chi connectivity index (χ0v) is 18.3. The van der Waals surface area contributed by atoms with Gasteiger partial charge in [-0.1, -0.05) is 12.1 Å². The monoisotopic (exact) mass is 463 g/mol. The van der Waals surface area contributed by atoms with Gasteiger partial charge in [0.25, 0.3) is 11.6 Å². The van der Waals surface area contributed by atoms with Gasteiger partial charge < -0.3 is 14.8 Å². The van der Waals surface area contributed by atoms with E-state index in [0.717, 1.165) is 22.9 Å². The van der Waals surface area contributed by atoms with Crippen LogP contribution >= 0.6 is 11.8 Å². The van der Waals surface area contributed by atoms with Gasteiger partial charge in [0, 0.05) is 12.1 Å². The number of nitrogens with one attached hydrogen (secondary N) is 1. The summed E-state index contributed by atoms with van der Waals surface area (Å²) >= 11 is 1.08. The van der Waals surface area contributed by atoms with Crippen LogP contribution in [0.3, 0.4) is 0 Å². The maximum atomic E-state index is 12.4. The molecule has 2 N–H and O–H groups in total. The summed E-state index contributed by atoms with van der Waals surface area (Å²) in [5, 5.41) is 23.5. The molecule has 1 fully saturated rings. The maximum Gasteiger partial charge on any atom is 0.335 e. The Kier molecular flexibility index (Phi) is 5.84. The number of furan rings is 1. The third-order valence-corrected chi connectivity index (χ3v) is 5.75. The number of benzene rings is 2. The summed E-state index contributed by atoms with van der Waals surface area (Å²) in [6.07, 6.45) is 1.52. The number of hydrogen-bond donors (Lipinski definition) is 2. The number of nitro groups is 1. The Bertz CT molecular complexity index is 1370. The van der Waals surface area contributed by atoms with Crippen LogP contribution in [0.1, 0.15) is 27.2 Å². The number of nitrogens with zero attached hydrogens (tertiary/aromatic N) is 2. The van der Waals surface area contributed by atoms with E-state index in [1.165, 1.54) is 24.3 Å². The van der Waals surface area contributed by atoms with E-state index in [2.05, 4.69) is 10.3 Å². The summed E-state index contributed by atoms with van der Waals surface area (Å²) in [4.78, 5) is 39.2. The normalized spacial score (nSPS) is 15.8. The first-order chi connectivity index (χ1) is 15.7. The van der Waals surface area contributed by atoms with Crippen LogP contribution < -0.4 is 5.32 Å². The van der Waals surface area contributed by atoms with Crippen molar-refractivity contribution >= 4 is 46.3 Å². The van der Waals surface area contributed by atoms with Crippen LogP contribution in [0.25, 0.3) is 17.4 Å². The van der Waals surface area contributed by atoms with Crippen LogP contribution in [-0.2, 0) is 4.79 Å². The van der Waals surface area contributed by atoms with Gasteiger partial charge in [0.15, 0.2) is 5.17 Å². The van der Waals surface area contributed by atoms with Crippen molar-refractivity contribution in [3.8, 4) is 11.3 Å². The quantitative estimate of drug-likeness (QED) is 0.307. The molecule has 166 valence electrons. The van der Waals surface area contributed by atoms with Gasteiger partial charge in [0.05, 0.1) is 26.6 Å². The van der Waals surface area contributed by atoms with Gasteiger partial charge in [-0.05, 0) is 67.1 Å². The van der Waals surface area contributed by atoms with Gasteiger partial charge in [0.1, 0.15) is 11.5 Å². The molecule has 9 nitrogen and oxygen atoms in total. The first kappa shape index (κ1) is 22.0. The fraction of sp³-hybridized carbons (Fsp3) is 0.0870. The topological polar surface area (TPSA) is 135 Å². The summed E-state index contributed by atoms with van der Waals surface area (Å²) in [7, 11) is 0. The minimum atomic E-state index is -1.07. The lowest BCUT2D eigenvalue weighted by molar-refractivity contribution is -0.384. The second-order valence-electron chi connectivity index (χ2n) is 7.27. The molecule has 0 atom stereocenters. The number of carbonyl (C=O) groups excluding carboxylic acids is 1. The fourth-order valence-corrected chi connectivity index (χ4v) is 3.97. The molecule has 10 heteroatoms. The molecular weight excluding hydrogens is 446 g/mol. The van der Waals surface area contributed by atoms with E-state index < -0.39 is 10.9 Å². The second-order valence-corrected chi connectivity index (χ2v) is 8.30. The van der Waals surface area contributed by atoms with E-state index in [1.54, 1.807) is 44.2 Å². The summed E-state index contributed by atoms with van der Waals surface area (Å²) < 4.78 is 5.75. The smallest absolute Gasteiger partial charge is 0.335 e. The number of amides is 1. The molecule has 0 aliphatic carbocycles. The van der Waals surface area contributed by atoms with Crippen molar-refractivity contribution < 1.29 is 24.0 Å². The Morgan fingerprint density at radius 2 is 1.97 bits per heavy atom. The first-order valence-corrected chi connectivity index (χ1v) is 10.5. The van der Waals surface area contributed by atoms with E-state index in [0.29, 0.717) is 32.8 Å². The molecule has 4 rings (SSSR count). The minimum Gasteiger partial charge on any atom is -0.478 e. The molecule has 0 saturated carbocycles. The van der Waals surface area contributed by atoms with Gasteiger partial charge in [-0.25, -0.2) is 9.79 Å². The zero-order chi connectivity index (χ0) is 23.7. The van der Waals surface area contributed by atoms with Crippen molar-refractivity contribution in [2.24, 2.45) is 4.99 Å². The van der Waals surface area contributed by atoms with Gasteiger partial charge in [-0.3, -0.25) is 14.9 Å². The molecular formula is C23H17N3O6S. The summed E-state index contributed by atoms with van der Waals surface area (Å²) in [5.74, 6) is -0.789. The predicted octanol–water partition coefficient (Wildman–Crippen LogP) is 5.06. The number of carboxylic acids is 1. The fourth-order valence-electron chi connectivity index (χ4n) is 3.16. The lowest BCUT2D eigenvalue weighted by Gasteiger charge is -2.03. The average Bonchev–Trinajstić information content (AvgIpc) is 3.36. The summed E-state index contributed by atoms with van der Waals surface area (Å²) in [6.45, 7) is 3.56. The number of hydrogen-bond acceptors (Lipinski definition) is 7. The molecule has 2 aromatic carbocycles. The largest absolute Gasteiger partial charge is 0.478 e. The van der Waals surface area contributed by atoms with Crippen molar-refractivity contribution in [3.63, 3.8) is 0 Å². The molecule has 1 aliphatic heterocycles. The molecule has 0 spiro atoms. The summed E-state index contributed by atoms with van der Waals surface area (Å²) in [6, 6.07) is 12.7. The lowest BCUT2D eigenvalue weighted by atomic mass is 10.1. The van der Waals surface area contributed by atoms with E-state index in [1.807, 2.05) is 0 Å². The Morgan fingerprint density at radius 1 is 1.18 bits per heavy atom. The van der Waals surface area contributed by atoms with E-state index in [4.69, 9.17) is 4.42 Å².